The molecular formula is C28H46N12O8. The summed E-state index contributed by atoms with van der Waals surface area (Å²) in [6, 6.07) is 1.26. The molecule has 20 heteroatoms. The number of non-ortho nitro benzene ring substituents is 1. The predicted octanol–water partition coefficient (Wildman–Crippen LogP) is -0.812. The molecule has 0 aliphatic rings. The Morgan fingerprint density at radius 1 is 0.792 bits per heavy atom. The lowest BCUT2D eigenvalue weighted by molar-refractivity contribution is -0.384. The number of nitrogens with zero attached hydrogens (tertiary/aromatic N) is 1. The molecule has 48 heavy (non-hydrogen) atoms. The van der Waals surface area contributed by atoms with E-state index in [-0.39, 0.29) is 74.9 Å². The van der Waals surface area contributed by atoms with Gasteiger partial charge in [-0.2, -0.15) is 0 Å². The zero-order valence-corrected chi connectivity index (χ0v) is 27.1. The van der Waals surface area contributed by atoms with Crippen LogP contribution >= 0.6 is 0 Å². The van der Waals surface area contributed by atoms with Crippen molar-refractivity contribution < 1.29 is 33.6 Å². The molecule has 0 fully saturated rings. The summed E-state index contributed by atoms with van der Waals surface area (Å²) in [4.78, 5) is 74.6. The maximum absolute atomic E-state index is 13.6. The molecule has 0 aliphatic heterocycles. The van der Waals surface area contributed by atoms with Crippen LogP contribution in [0.15, 0.2) is 24.3 Å². The second-order valence-electron chi connectivity index (χ2n) is 11.6. The molecule has 1 rings (SSSR count). The Kier molecular flexibility index (Phi) is 16.6. The van der Waals surface area contributed by atoms with E-state index < -0.39 is 58.4 Å². The summed E-state index contributed by atoms with van der Waals surface area (Å²) in [6.07, 6.45) is -0.871. The molecule has 0 radical (unpaired) electrons. The van der Waals surface area contributed by atoms with E-state index >= 15 is 0 Å². The first-order chi connectivity index (χ1) is 22.4. The number of nitrogens with one attached hydrogen (secondary N) is 8. The minimum Gasteiger partial charge on any atom is -0.444 e. The van der Waals surface area contributed by atoms with E-state index in [1.54, 1.807) is 20.8 Å². The lowest BCUT2D eigenvalue weighted by atomic mass is 10.1. The fourth-order valence-electron chi connectivity index (χ4n) is 4.04. The molecule has 0 saturated carbocycles. The molecule has 14 N–H and O–H groups in total. The van der Waals surface area contributed by atoms with E-state index in [0.717, 1.165) is 0 Å². The van der Waals surface area contributed by atoms with Gasteiger partial charge in [0.1, 0.15) is 23.7 Å². The number of hydrogen-bond donors (Lipinski definition) is 11. The Morgan fingerprint density at radius 3 is 1.67 bits per heavy atom. The number of amides is 5. The standard InChI is InChI=1S/C28H46N12O8/c1-28(2,3)48-27(45)39-20(12-13-21(29)41)24(44)38-19(7-5-15-35-26(32)33)23(43)37-18(6-4-14-34-25(30)31)22(42)36-16-8-10-17(11-9-16)40(46)47/h8-11,18-20H,4-7,12-15H2,1-3H3,(H2,29,41)(H,36,42)(H,37,43)(H,38,44)(H,39,45)(H4,30,31,34)(H4,32,33,35)/t18-,19-,20-/m0/s1. The van der Waals surface area contributed by atoms with Crippen LogP contribution in [-0.2, 0) is 23.9 Å². The number of ether oxygens (including phenoxy) is 1. The second-order valence-corrected chi connectivity index (χ2v) is 11.6. The Bertz CT molecular complexity index is 1320. The molecule has 0 aromatic heterocycles. The molecule has 5 amide bonds. The van der Waals surface area contributed by atoms with Gasteiger partial charge in [-0.05, 0) is 65.0 Å². The highest BCUT2D eigenvalue weighted by atomic mass is 16.6. The normalized spacial score (nSPS) is 12.6. The molecule has 1 aromatic rings. The smallest absolute Gasteiger partial charge is 0.408 e. The maximum Gasteiger partial charge on any atom is 0.408 e. The average molecular weight is 679 g/mol. The van der Waals surface area contributed by atoms with Crippen LogP contribution in [0.3, 0.4) is 0 Å². The number of nitrogens with two attached hydrogens (primary N) is 3. The van der Waals surface area contributed by atoms with Gasteiger partial charge in [0, 0.05) is 37.3 Å². The van der Waals surface area contributed by atoms with E-state index in [9.17, 15) is 34.1 Å². The van der Waals surface area contributed by atoms with Crippen molar-refractivity contribution in [2.45, 2.75) is 83.0 Å². The van der Waals surface area contributed by atoms with Crippen LogP contribution in [0.4, 0.5) is 16.2 Å². The summed E-state index contributed by atoms with van der Waals surface area (Å²) in [7, 11) is 0. The highest BCUT2D eigenvalue weighted by molar-refractivity contribution is 5.99. The van der Waals surface area contributed by atoms with Gasteiger partial charge in [0.15, 0.2) is 11.9 Å². The van der Waals surface area contributed by atoms with Gasteiger partial charge < -0.3 is 53.8 Å². The second kappa shape index (κ2) is 19.7. The monoisotopic (exact) mass is 678 g/mol. The molecule has 3 atom stereocenters. The Labute approximate surface area is 277 Å². The largest absolute Gasteiger partial charge is 0.444 e. The number of carbonyl (C=O) groups is 5. The quantitative estimate of drug-likeness (QED) is 0.0281. The van der Waals surface area contributed by atoms with Crippen LogP contribution in [-0.4, -0.2) is 83.4 Å². The summed E-state index contributed by atoms with van der Waals surface area (Å²) in [5.74, 6) is -3.62. The van der Waals surface area contributed by atoms with Crippen LogP contribution in [0.25, 0.3) is 0 Å². The minimum absolute atomic E-state index is 0.00455. The van der Waals surface area contributed by atoms with Crippen molar-refractivity contribution in [1.82, 2.24) is 26.6 Å². The van der Waals surface area contributed by atoms with Crippen molar-refractivity contribution in [2.75, 3.05) is 18.4 Å². The number of carbonyl (C=O) groups excluding carboxylic acids is 5. The molecule has 0 spiro atoms. The van der Waals surface area contributed by atoms with Crippen molar-refractivity contribution in [3.63, 3.8) is 0 Å². The van der Waals surface area contributed by atoms with E-state index in [1.807, 2.05) is 0 Å². The van der Waals surface area contributed by atoms with E-state index in [2.05, 4.69) is 31.9 Å². The first-order valence-corrected chi connectivity index (χ1v) is 15.0. The van der Waals surface area contributed by atoms with Crippen LogP contribution in [0.5, 0.6) is 0 Å². The van der Waals surface area contributed by atoms with E-state index in [4.69, 9.17) is 32.8 Å². The predicted molar refractivity (Wildman–Crippen MR) is 175 cm³/mol. The fraction of sp³-hybridized carbons (Fsp3) is 0.536. The van der Waals surface area contributed by atoms with Gasteiger partial charge in [-0.3, -0.25) is 40.1 Å². The number of guanidine groups is 2. The molecule has 0 heterocycles. The number of nitro benzene ring substituents is 1. The Hall–Kier alpha value is -5.69. The van der Waals surface area contributed by atoms with Gasteiger partial charge in [-0.1, -0.05) is 0 Å². The highest BCUT2D eigenvalue weighted by Crippen LogP contribution is 2.16. The summed E-state index contributed by atoms with van der Waals surface area (Å²) < 4.78 is 5.22. The SMILES string of the molecule is CC(C)(C)OC(=O)N[C@@H](CCC(N)=O)C(=O)N[C@@H](CCCNC(=N)N)C(=O)N[C@@H](CCCNC(=N)N)C(=O)Nc1ccc([N+](=O)[O-])cc1. The molecule has 0 saturated heterocycles. The molecule has 266 valence electrons. The lowest BCUT2D eigenvalue weighted by Crippen LogP contribution is -2.56. The zero-order chi connectivity index (χ0) is 36.4. The first kappa shape index (κ1) is 40.3. The van der Waals surface area contributed by atoms with Gasteiger partial charge in [-0.25, -0.2) is 4.79 Å². The average Bonchev–Trinajstić information content (AvgIpc) is 2.97. The molecule has 0 bridgehead atoms. The van der Waals surface area contributed by atoms with Crippen LogP contribution in [0.2, 0.25) is 0 Å². The molecule has 1 aromatic carbocycles. The third-order valence-corrected chi connectivity index (χ3v) is 6.27. The number of hydrogen-bond acceptors (Lipinski definition) is 10. The molecular weight excluding hydrogens is 632 g/mol. The number of primary amides is 1. The zero-order valence-electron chi connectivity index (χ0n) is 27.1. The maximum atomic E-state index is 13.6. The van der Waals surface area contributed by atoms with E-state index in [0.29, 0.717) is 0 Å². The van der Waals surface area contributed by atoms with Gasteiger partial charge in [0.05, 0.1) is 4.92 Å². The number of benzene rings is 1. The van der Waals surface area contributed by atoms with Crippen molar-refractivity contribution in [3.8, 4) is 0 Å². The first-order valence-electron chi connectivity index (χ1n) is 15.0. The minimum atomic E-state index is -1.32. The Balaban J connectivity index is 3.24. The third-order valence-electron chi connectivity index (χ3n) is 6.27. The topological polar surface area (TPSA) is 336 Å². The summed E-state index contributed by atoms with van der Waals surface area (Å²) in [5.41, 5.74) is 15.0. The van der Waals surface area contributed by atoms with E-state index in [1.165, 1.54) is 24.3 Å². The van der Waals surface area contributed by atoms with Crippen molar-refractivity contribution in [2.24, 2.45) is 17.2 Å². The van der Waals surface area contributed by atoms with Crippen molar-refractivity contribution in [3.05, 3.63) is 34.4 Å². The van der Waals surface area contributed by atoms with Gasteiger partial charge in [0.25, 0.3) is 5.69 Å². The number of alkyl carbamates (subject to hydrolysis) is 1. The summed E-state index contributed by atoms with van der Waals surface area (Å²) in [6.45, 7) is 5.21. The lowest BCUT2D eigenvalue weighted by Gasteiger charge is -2.26. The van der Waals surface area contributed by atoms with Crippen molar-refractivity contribution >= 4 is 53.0 Å². The van der Waals surface area contributed by atoms with Crippen LogP contribution in [0.1, 0.15) is 59.3 Å². The van der Waals surface area contributed by atoms with Gasteiger partial charge in [-0.15, -0.1) is 0 Å². The molecule has 20 nitrogen and oxygen atoms in total. The highest BCUT2D eigenvalue weighted by Gasteiger charge is 2.31. The van der Waals surface area contributed by atoms with Crippen LogP contribution in [0, 0.1) is 20.9 Å². The number of nitro groups is 1. The van der Waals surface area contributed by atoms with Crippen LogP contribution < -0.4 is 49.1 Å². The van der Waals surface area contributed by atoms with Gasteiger partial charge >= 0.3 is 6.09 Å². The fourth-order valence-corrected chi connectivity index (χ4v) is 4.04. The number of anilines is 1. The summed E-state index contributed by atoms with van der Waals surface area (Å²) >= 11 is 0. The molecule has 0 aliphatic carbocycles. The Morgan fingerprint density at radius 2 is 1.25 bits per heavy atom. The third kappa shape index (κ3) is 17.1. The van der Waals surface area contributed by atoms with Crippen molar-refractivity contribution in [1.29, 1.82) is 10.8 Å². The van der Waals surface area contributed by atoms with Gasteiger partial charge in [0.2, 0.25) is 23.6 Å². The number of rotatable bonds is 19. The molecule has 0 unspecified atom stereocenters. The summed E-state index contributed by atoms with van der Waals surface area (Å²) in [5, 5.41) is 41.0.